The number of methoxy groups -OCH3 is 1. The highest BCUT2D eigenvalue weighted by atomic mass is 16.6. The summed E-state index contributed by atoms with van der Waals surface area (Å²) in [4.78, 5) is 28.1. The summed E-state index contributed by atoms with van der Waals surface area (Å²) >= 11 is 0. The van der Waals surface area contributed by atoms with Gasteiger partial charge in [-0.2, -0.15) is 0 Å². The van der Waals surface area contributed by atoms with Gasteiger partial charge in [-0.15, -0.1) is 0 Å². The lowest BCUT2D eigenvalue weighted by Crippen LogP contribution is -2.18. The van der Waals surface area contributed by atoms with Crippen molar-refractivity contribution in [2.24, 2.45) is 0 Å². The second-order valence-corrected chi connectivity index (χ2v) is 6.64. The van der Waals surface area contributed by atoms with E-state index in [-0.39, 0.29) is 18.3 Å². The molecule has 1 unspecified atom stereocenters. The van der Waals surface area contributed by atoms with E-state index in [0.717, 1.165) is 17.0 Å². The predicted molar refractivity (Wildman–Crippen MR) is 101 cm³/mol. The Kier molecular flexibility index (Phi) is 5.96. The van der Waals surface area contributed by atoms with Gasteiger partial charge in [0, 0.05) is 24.8 Å². The quantitative estimate of drug-likeness (QED) is 0.596. The van der Waals surface area contributed by atoms with Crippen LogP contribution in [0.1, 0.15) is 56.9 Å². The average Bonchev–Trinajstić information content (AvgIpc) is 3.00. The van der Waals surface area contributed by atoms with Gasteiger partial charge in [0.1, 0.15) is 18.1 Å². The molecule has 0 bridgehead atoms. The Balaban J connectivity index is 1.79. The first kappa shape index (κ1) is 19.2. The van der Waals surface area contributed by atoms with Gasteiger partial charge in [-0.05, 0) is 49.4 Å². The molecule has 0 saturated carbocycles. The van der Waals surface area contributed by atoms with Crippen LogP contribution >= 0.6 is 0 Å². The lowest BCUT2D eigenvalue weighted by Gasteiger charge is -2.22. The topological polar surface area (TPSA) is 77.6 Å². The summed E-state index contributed by atoms with van der Waals surface area (Å²) in [6.07, 6.45) is 1.11. The Hall–Kier alpha value is -2.60. The number of ketones is 1. The Morgan fingerprint density at radius 3 is 2.59 bits per heavy atom. The van der Waals surface area contributed by atoms with Crippen molar-refractivity contribution in [3.05, 3.63) is 52.3 Å². The van der Waals surface area contributed by atoms with Crippen molar-refractivity contribution in [1.82, 2.24) is 4.98 Å². The first-order valence-corrected chi connectivity index (χ1v) is 9.18. The van der Waals surface area contributed by atoms with E-state index in [9.17, 15) is 9.59 Å². The average molecular weight is 371 g/mol. The van der Waals surface area contributed by atoms with E-state index in [0.29, 0.717) is 42.9 Å². The molecule has 0 spiro atoms. The van der Waals surface area contributed by atoms with Crippen LogP contribution in [0.5, 0.6) is 5.75 Å². The Bertz CT molecular complexity index is 822. The van der Waals surface area contributed by atoms with Crippen molar-refractivity contribution < 1.29 is 23.8 Å². The van der Waals surface area contributed by atoms with E-state index in [1.165, 1.54) is 0 Å². The van der Waals surface area contributed by atoms with Gasteiger partial charge in [0.2, 0.25) is 0 Å². The monoisotopic (exact) mass is 371 g/mol. The van der Waals surface area contributed by atoms with E-state index in [1.54, 1.807) is 14.0 Å². The summed E-state index contributed by atoms with van der Waals surface area (Å²) in [5.74, 6) is 0.501. The van der Waals surface area contributed by atoms with Crippen molar-refractivity contribution in [3.63, 3.8) is 0 Å². The van der Waals surface area contributed by atoms with Gasteiger partial charge in [-0.25, -0.2) is 4.79 Å². The third-order valence-corrected chi connectivity index (χ3v) is 4.88. The van der Waals surface area contributed by atoms with Crippen LogP contribution in [0.3, 0.4) is 0 Å². The molecule has 0 aliphatic heterocycles. The van der Waals surface area contributed by atoms with Crippen molar-refractivity contribution in [2.75, 3.05) is 26.9 Å². The van der Waals surface area contributed by atoms with E-state index < -0.39 is 5.97 Å². The molecule has 0 radical (unpaired) electrons. The summed E-state index contributed by atoms with van der Waals surface area (Å²) in [6.45, 7) is 4.87. The molecule has 1 aromatic heterocycles. The third-order valence-electron chi connectivity index (χ3n) is 4.88. The van der Waals surface area contributed by atoms with E-state index in [4.69, 9.17) is 14.2 Å². The highest BCUT2D eigenvalue weighted by Gasteiger charge is 2.32. The molecule has 0 amide bonds. The molecule has 6 heteroatoms. The Morgan fingerprint density at radius 1 is 1.19 bits per heavy atom. The van der Waals surface area contributed by atoms with Crippen LogP contribution in [0.25, 0.3) is 0 Å². The van der Waals surface area contributed by atoms with Crippen LogP contribution in [0.2, 0.25) is 0 Å². The number of fused-ring (bicyclic) bond motifs is 1. The number of H-pyrrole nitrogens is 1. The molecule has 1 N–H and O–H groups in total. The predicted octanol–water partition coefficient (Wildman–Crippen LogP) is 3.44. The largest absolute Gasteiger partial charge is 0.494 e. The van der Waals surface area contributed by atoms with Gasteiger partial charge in [0.25, 0.3) is 0 Å². The second-order valence-electron chi connectivity index (χ2n) is 6.64. The number of Topliss-reactive ketones (excluding diaryl/α,β-unsaturated/α-hetero) is 1. The standard InChI is InChI=1S/C21H25NO5/c1-4-26-16-7-5-14(6-8-16)15-11-17-19(18(23)12-15)13(2)20(22-17)21(24)27-10-9-25-3/h5-8,15,22H,4,9-12H2,1-3H3. The molecule has 2 aromatic rings. The van der Waals surface area contributed by atoms with Crippen LogP contribution in [0.4, 0.5) is 0 Å². The normalized spacial score (nSPS) is 16.1. The number of rotatable bonds is 7. The molecule has 6 nitrogen and oxygen atoms in total. The molecule has 0 fully saturated rings. The summed E-state index contributed by atoms with van der Waals surface area (Å²) < 4.78 is 15.6. The summed E-state index contributed by atoms with van der Waals surface area (Å²) in [7, 11) is 1.55. The number of carbonyl (C=O) groups excluding carboxylic acids is 2. The molecule has 1 heterocycles. The molecule has 3 rings (SSSR count). The lowest BCUT2D eigenvalue weighted by atomic mass is 9.81. The van der Waals surface area contributed by atoms with E-state index in [2.05, 4.69) is 4.98 Å². The fraction of sp³-hybridized carbons (Fsp3) is 0.429. The minimum absolute atomic E-state index is 0.0554. The van der Waals surface area contributed by atoms with Gasteiger partial charge < -0.3 is 19.2 Å². The van der Waals surface area contributed by atoms with Gasteiger partial charge in [0.05, 0.1) is 13.2 Å². The number of hydrogen-bond acceptors (Lipinski definition) is 5. The molecule has 0 saturated heterocycles. The Morgan fingerprint density at radius 2 is 1.93 bits per heavy atom. The number of hydrogen-bond donors (Lipinski definition) is 1. The van der Waals surface area contributed by atoms with Crippen molar-refractivity contribution in [3.8, 4) is 5.75 Å². The Labute approximate surface area is 158 Å². The molecule has 144 valence electrons. The zero-order valence-electron chi connectivity index (χ0n) is 16.0. The van der Waals surface area contributed by atoms with Crippen LogP contribution in [-0.4, -0.2) is 43.7 Å². The third kappa shape index (κ3) is 4.06. The number of ether oxygens (including phenoxy) is 3. The van der Waals surface area contributed by atoms with Crippen molar-refractivity contribution in [2.45, 2.75) is 32.6 Å². The molecule has 1 aliphatic carbocycles. The summed E-state index contributed by atoms with van der Waals surface area (Å²) in [6, 6.07) is 7.86. The van der Waals surface area contributed by atoms with Crippen LogP contribution in [0.15, 0.2) is 24.3 Å². The van der Waals surface area contributed by atoms with E-state index in [1.807, 2.05) is 31.2 Å². The van der Waals surface area contributed by atoms with Crippen molar-refractivity contribution in [1.29, 1.82) is 0 Å². The molecule has 1 aliphatic rings. The number of aromatic nitrogens is 1. The second kappa shape index (κ2) is 8.39. The molecule has 1 aromatic carbocycles. The van der Waals surface area contributed by atoms with Gasteiger partial charge in [-0.1, -0.05) is 12.1 Å². The molecular formula is C21H25NO5. The maximum absolute atomic E-state index is 12.7. The van der Waals surface area contributed by atoms with Crippen molar-refractivity contribution >= 4 is 11.8 Å². The van der Waals surface area contributed by atoms with Gasteiger partial charge >= 0.3 is 5.97 Å². The number of aromatic amines is 1. The highest BCUT2D eigenvalue weighted by Crippen LogP contribution is 2.35. The number of esters is 1. The first-order chi connectivity index (χ1) is 13.0. The zero-order chi connectivity index (χ0) is 19.4. The lowest BCUT2D eigenvalue weighted by molar-refractivity contribution is 0.0381. The van der Waals surface area contributed by atoms with E-state index >= 15 is 0 Å². The minimum atomic E-state index is -0.454. The van der Waals surface area contributed by atoms with Crippen LogP contribution in [-0.2, 0) is 15.9 Å². The maximum atomic E-state index is 12.7. The van der Waals surface area contributed by atoms with Gasteiger partial charge in [0.15, 0.2) is 5.78 Å². The highest BCUT2D eigenvalue weighted by molar-refractivity contribution is 6.03. The molecule has 27 heavy (non-hydrogen) atoms. The molecular weight excluding hydrogens is 346 g/mol. The van der Waals surface area contributed by atoms with Gasteiger partial charge in [-0.3, -0.25) is 4.79 Å². The number of carbonyl (C=O) groups is 2. The SMILES string of the molecule is CCOc1ccc(C2CC(=O)c3c([nH]c(C(=O)OCCOC)c3C)C2)cc1. The zero-order valence-corrected chi connectivity index (χ0v) is 16.0. The van der Waals surface area contributed by atoms with Crippen LogP contribution < -0.4 is 4.74 Å². The fourth-order valence-corrected chi connectivity index (χ4v) is 3.57. The maximum Gasteiger partial charge on any atom is 0.355 e. The summed E-state index contributed by atoms with van der Waals surface area (Å²) in [5, 5.41) is 0. The fourth-order valence-electron chi connectivity index (χ4n) is 3.57. The minimum Gasteiger partial charge on any atom is -0.494 e. The smallest absolute Gasteiger partial charge is 0.355 e. The number of nitrogens with one attached hydrogen (secondary N) is 1. The first-order valence-electron chi connectivity index (χ1n) is 9.18. The molecule has 1 atom stereocenters. The summed E-state index contributed by atoms with van der Waals surface area (Å²) in [5.41, 5.74) is 3.56. The van der Waals surface area contributed by atoms with Crippen LogP contribution in [0, 0.1) is 6.92 Å². The number of benzene rings is 1.